The van der Waals surface area contributed by atoms with Crippen molar-refractivity contribution in [2.45, 2.75) is 32.2 Å². The second kappa shape index (κ2) is 9.84. The molecule has 2 aromatic heterocycles. The number of nitrogens with one attached hydrogen (secondary N) is 1. The number of methoxy groups -OCH3 is 2. The van der Waals surface area contributed by atoms with Gasteiger partial charge in [0.2, 0.25) is 5.91 Å². The summed E-state index contributed by atoms with van der Waals surface area (Å²) in [4.78, 5) is 16.9. The second-order valence-electron chi connectivity index (χ2n) is 7.42. The van der Waals surface area contributed by atoms with Crippen molar-refractivity contribution in [1.82, 2.24) is 19.9 Å². The number of hydrogen-bond donors (Lipinski definition) is 1. The molecule has 0 unspecified atom stereocenters. The van der Waals surface area contributed by atoms with Crippen LogP contribution in [0.15, 0.2) is 35.5 Å². The summed E-state index contributed by atoms with van der Waals surface area (Å²) in [6.07, 6.45) is 2.76. The lowest BCUT2D eigenvalue weighted by Gasteiger charge is -2.10. The largest absolute Gasteiger partial charge is 0.493 e. The number of aromatic nitrogens is 3. The number of carbonyl (C=O) groups is 1. The van der Waals surface area contributed by atoms with Gasteiger partial charge in [-0.25, -0.2) is 9.50 Å². The maximum atomic E-state index is 12.2. The van der Waals surface area contributed by atoms with E-state index in [1.165, 1.54) is 11.8 Å². The lowest BCUT2D eigenvalue weighted by atomic mass is 10.1. The van der Waals surface area contributed by atoms with Crippen LogP contribution in [-0.4, -0.2) is 47.0 Å². The first-order valence-electron chi connectivity index (χ1n) is 9.90. The van der Waals surface area contributed by atoms with E-state index in [9.17, 15) is 4.79 Å². The van der Waals surface area contributed by atoms with E-state index in [0.29, 0.717) is 29.7 Å². The molecule has 7 nitrogen and oxygen atoms in total. The molecule has 0 aliphatic heterocycles. The highest BCUT2D eigenvalue weighted by molar-refractivity contribution is 7.99. The first kappa shape index (κ1) is 22.0. The van der Waals surface area contributed by atoms with Gasteiger partial charge in [-0.2, -0.15) is 5.10 Å². The van der Waals surface area contributed by atoms with Gasteiger partial charge in [0.15, 0.2) is 17.1 Å². The van der Waals surface area contributed by atoms with E-state index in [1.54, 1.807) is 24.9 Å². The Hall–Kier alpha value is -2.74. The Kier molecular flexibility index (Phi) is 7.20. The Balaban J connectivity index is 1.84. The maximum Gasteiger partial charge on any atom is 0.230 e. The molecule has 0 spiro atoms. The Morgan fingerprint density at radius 1 is 1.20 bits per heavy atom. The molecule has 30 heavy (non-hydrogen) atoms. The summed E-state index contributed by atoms with van der Waals surface area (Å²) in [5, 5.41) is 8.38. The second-order valence-corrected chi connectivity index (χ2v) is 8.42. The van der Waals surface area contributed by atoms with Crippen molar-refractivity contribution < 1.29 is 14.3 Å². The third kappa shape index (κ3) is 5.05. The van der Waals surface area contributed by atoms with Gasteiger partial charge in [-0.1, -0.05) is 31.7 Å². The van der Waals surface area contributed by atoms with Crippen molar-refractivity contribution in [3.05, 3.63) is 36.2 Å². The standard InChI is InChI=1S/C22H28N4O3S/c1-14(2)8-9-23-20(27)13-30-21-10-15(3)25-22-17(12-24-26(21)22)16-6-7-18(28-4)19(11-16)29-5/h6-7,10-12,14H,8-9,13H2,1-5H3,(H,23,27). The molecule has 0 aliphatic carbocycles. The molecule has 3 rings (SSSR count). The predicted octanol–water partition coefficient (Wildman–Crippen LogP) is 3.98. The number of ether oxygens (including phenoxy) is 2. The molecule has 0 radical (unpaired) electrons. The highest BCUT2D eigenvalue weighted by Crippen LogP contribution is 2.34. The Morgan fingerprint density at radius 3 is 2.67 bits per heavy atom. The van der Waals surface area contributed by atoms with Crippen molar-refractivity contribution in [1.29, 1.82) is 0 Å². The van der Waals surface area contributed by atoms with Gasteiger partial charge in [0.25, 0.3) is 0 Å². The first-order valence-corrected chi connectivity index (χ1v) is 10.9. The quantitative estimate of drug-likeness (QED) is 0.410. The minimum atomic E-state index is 0.0236. The van der Waals surface area contributed by atoms with E-state index in [4.69, 9.17) is 9.47 Å². The first-order chi connectivity index (χ1) is 14.4. The van der Waals surface area contributed by atoms with Crippen molar-refractivity contribution in [3.63, 3.8) is 0 Å². The van der Waals surface area contributed by atoms with Crippen LogP contribution < -0.4 is 14.8 Å². The van der Waals surface area contributed by atoms with Gasteiger partial charge in [0, 0.05) is 17.8 Å². The minimum absolute atomic E-state index is 0.0236. The SMILES string of the molecule is COc1ccc(-c2cnn3c(SCC(=O)NCCC(C)C)cc(C)nc23)cc1OC. The lowest BCUT2D eigenvalue weighted by molar-refractivity contribution is -0.118. The number of nitrogens with zero attached hydrogens (tertiary/aromatic N) is 3. The Labute approximate surface area is 181 Å². The van der Waals surface area contributed by atoms with Gasteiger partial charge < -0.3 is 14.8 Å². The number of rotatable bonds is 9. The summed E-state index contributed by atoms with van der Waals surface area (Å²) in [7, 11) is 3.22. The zero-order valence-corrected chi connectivity index (χ0v) is 18.9. The van der Waals surface area contributed by atoms with Crippen LogP contribution in [0.25, 0.3) is 16.8 Å². The topological polar surface area (TPSA) is 77.8 Å². The zero-order valence-electron chi connectivity index (χ0n) is 18.1. The average Bonchev–Trinajstić information content (AvgIpc) is 3.14. The molecule has 0 saturated carbocycles. The van der Waals surface area contributed by atoms with Gasteiger partial charge in [-0.15, -0.1) is 0 Å². The van der Waals surface area contributed by atoms with Crippen molar-refractivity contribution >= 4 is 23.3 Å². The number of carbonyl (C=O) groups excluding carboxylic acids is 1. The molecule has 0 saturated heterocycles. The van der Waals surface area contributed by atoms with Gasteiger partial charge in [-0.05, 0) is 43.0 Å². The Bertz CT molecular complexity index is 1030. The number of thioether (sulfide) groups is 1. The molecule has 1 N–H and O–H groups in total. The Morgan fingerprint density at radius 2 is 1.97 bits per heavy atom. The van der Waals surface area contributed by atoms with E-state index >= 15 is 0 Å². The van der Waals surface area contributed by atoms with E-state index in [1.807, 2.05) is 31.2 Å². The van der Waals surface area contributed by atoms with Crippen LogP contribution in [0.5, 0.6) is 11.5 Å². The minimum Gasteiger partial charge on any atom is -0.493 e. The molecular weight excluding hydrogens is 400 g/mol. The summed E-state index contributed by atoms with van der Waals surface area (Å²) in [5.74, 6) is 2.24. The number of fused-ring (bicyclic) bond motifs is 1. The molecular formula is C22H28N4O3S. The van der Waals surface area contributed by atoms with Gasteiger partial charge in [-0.3, -0.25) is 4.79 Å². The van der Waals surface area contributed by atoms with Gasteiger partial charge >= 0.3 is 0 Å². The van der Waals surface area contributed by atoms with Crippen molar-refractivity contribution in [3.8, 4) is 22.6 Å². The summed E-state index contributed by atoms with van der Waals surface area (Å²) in [5.41, 5.74) is 3.43. The van der Waals surface area contributed by atoms with Crippen LogP contribution in [0, 0.1) is 12.8 Å². The number of benzene rings is 1. The van der Waals surface area contributed by atoms with E-state index < -0.39 is 0 Å². The lowest BCUT2D eigenvalue weighted by Crippen LogP contribution is -2.27. The van der Waals surface area contributed by atoms with Crippen LogP contribution in [0.1, 0.15) is 26.0 Å². The summed E-state index contributed by atoms with van der Waals surface area (Å²) in [6, 6.07) is 7.68. The van der Waals surface area contributed by atoms with Crippen LogP contribution in [0.2, 0.25) is 0 Å². The molecule has 1 amide bonds. The van der Waals surface area contributed by atoms with E-state index in [0.717, 1.165) is 33.9 Å². The maximum absolute atomic E-state index is 12.2. The molecule has 2 heterocycles. The van der Waals surface area contributed by atoms with Gasteiger partial charge in [0.1, 0.15) is 5.03 Å². The fourth-order valence-electron chi connectivity index (χ4n) is 3.05. The monoisotopic (exact) mass is 428 g/mol. The fourth-order valence-corrected chi connectivity index (χ4v) is 3.94. The molecule has 0 bridgehead atoms. The van der Waals surface area contributed by atoms with E-state index in [-0.39, 0.29) is 5.91 Å². The van der Waals surface area contributed by atoms with Crippen molar-refractivity contribution in [2.75, 3.05) is 26.5 Å². The summed E-state index contributed by atoms with van der Waals surface area (Å²) in [6.45, 7) is 6.93. The third-order valence-corrected chi connectivity index (χ3v) is 5.65. The normalized spacial score (nSPS) is 11.1. The van der Waals surface area contributed by atoms with Gasteiger partial charge in [0.05, 0.1) is 26.2 Å². The zero-order chi connectivity index (χ0) is 21.7. The highest BCUT2D eigenvalue weighted by Gasteiger charge is 2.15. The third-order valence-electron chi connectivity index (χ3n) is 4.66. The van der Waals surface area contributed by atoms with Crippen molar-refractivity contribution in [2.24, 2.45) is 5.92 Å². The highest BCUT2D eigenvalue weighted by atomic mass is 32.2. The molecule has 1 aromatic carbocycles. The summed E-state index contributed by atoms with van der Waals surface area (Å²) < 4.78 is 12.5. The molecule has 0 fully saturated rings. The van der Waals surface area contributed by atoms with E-state index in [2.05, 4.69) is 29.2 Å². The average molecular weight is 429 g/mol. The predicted molar refractivity (Wildman–Crippen MR) is 119 cm³/mol. The van der Waals surface area contributed by atoms with Crippen LogP contribution in [-0.2, 0) is 4.79 Å². The molecule has 0 aliphatic rings. The molecule has 8 heteroatoms. The molecule has 160 valence electrons. The summed E-state index contributed by atoms with van der Waals surface area (Å²) >= 11 is 1.46. The van der Waals surface area contributed by atoms with Crippen LogP contribution >= 0.6 is 11.8 Å². The smallest absolute Gasteiger partial charge is 0.230 e. The number of amides is 1. The van der Waals surface area contributed by atoms with Crippen LogP contribution in [0.4, 0.5) is 0 Å². The molecule has 3 aromatic rings. The number of aryl methyl sites for hydroxylation is 1. The number of hydrogen-bond acceptors (Lipinski definition) is 6. The fraction of sp³-hybridized carbons (Fsp3) is 0.409. The van der Waals surface area contributed by atoms with Crippen LogP contribution in [0.3, 0.4) is 0 Å². The molecule has 0 atom stereocenters.